The summed E-state index contributed by atoms with van der Waals surface area (Å²) in [6.45, 7) is 1.93. The molecule has 1 aromatic heterocycles. The van der Waals surface area contributed by atoms with E-state index in [1.807, 2.05) is 6.92 Å². The van der Waals surface area contributed by atoms with Crippen LogP contribution >= 0.6 is 11.8 Å². The highest BCUT2D eigenvalue weighted by molar-refractivity contribution is 8.00. The Morgan fingerprint density at radius 2 is 2.58 bits per heavy atom. The fourth-order valence-corrected chi connectivity index (χ4v) is 2.44. The molecule has 0 aliphatic carbocycles. The van der Waals surface area contributed by atoms with Crippen molar-refractivity contribution in [2.24, 2.45) is 0 Å². The van der Waals surface area contributed by atoms with Crippen LogP contribution in [0.15, 0.2) is 11.5 Å². The van der Waals surface area contributed by atoms with Gasteiger partial charge in [0, 0.05) is 28.1 Å². The fraction of sp³-hybridized carbons (Fsp3) is 0.667. The van der Waals surface area contributed by atoms with Crippen LogP contribution in [0.3, 0.4) is 0 Å². The number of nitrogens with zero attached hydrogens (tertiary/aromatic N) is 2. The van der Waals surface area contributed by atoms with Gasteiger partial charge in [-0.2, -0.15) is 5.10 Å². The summed E-state index contributed by atoms with van der Waals surface area (Å²) in [5, 5.41) is 7.23. The predicted molar refractivity (Wildman–Crippen MR) is 50.7 cm³/mol. The summed E-state index contributed by atoms with van der Waals surface area (Å²) in [4.78, 5) is 3.94. The smallest absolute Gasteiger partial charge is 0.183 e. The van der Waals surface area contributed by atoms with Crippen molar-refractivity contribution in [1.82, 2.24) is 15.2 Å². The van der Waals surface area contributed by atoms with E-state index in [1.165, 1.54) is 6.33 Å². The third-order valence-corrected chi connectivity index (χ3v) is 3.70. The molecule has 0 radical (unpaired) electrons. The number of aromatic nitrogens is 3. The summed E-state index contributed by atoms with van der Waals surface area (Å²) < 4.78 is 11.0. The lowest BCUT2D eigenvalue weighted by Crippen LogP contribution is -2.01. The van der Waals surface area contributed by atoms with Gasteiger partial charge in [-0.3, -0.25) is 9.31 Å². The maximum atomic E-state index is 11.0. The van der Waals surface area contributed by atoms with E-state index in [1.54, 1.807) is 11.8 Å². The van der Waals surface area contributed by atoms with Crippen molar-refractivity contribution in [2.45, 2.75) is 12.1 Å². The highest BCUT2D eigenvalue weighted by atomic mass is 32.2. The lowest BCUT2D eigenvalue weighted by atomic mass is 10.9. The monoisotopic (exact) mass is 205 g/mol. The van der Waals surface area contributed by atoms with Gasteiger partial charge in [0.25, 0.3) is 0 Å². The molecule has 0 saturated heterocycles. The molecule has 1 aromatic rings. The van der Waals surface area contributed by atoms with Crippen LogP contribution in [0.2, 0.25) is 0 Å². The quantitative estimate of drug-likeness (QED) is 0.718. The zero-order valence-electron chi connectivity index (χ0n) is 6.82. The number of nitrogens with one attached hydrogen (secondary N) is 1. The molecule has 1 rings (SSSR count). The van der Waals surface area contributed by atoms with Gasteiger partial charge in [-0.25, -0.2) is 4.98 Å². The average molecular weight is 205 g/mol. The Kier molecular flexibility index (Phi) is 4.31. The van der Waals surface area contributed by atoms with E-state index in [0.717, 1.165) is 22.4 Å². The average Bonchev–Trinajstić information content (AvgIpc) is 2.57. The molecule has 12 heavy (non-hydrogen) atoms. The minimum absolute atomic E-state index is 0.671. The summed E-state index contributed by atoms with van der Waals surface area (Å²) in [6.07, 6.45) is 1.47. The first-order valence-electron chi connectivity index (χ1n) is 3.66. The number of hydrogen-bond donors (Lipinski definition) is 1. The second-order valence-corrected chi connectivity index (χ2v) is 5.02. The molecule has 0 spiro atoms. The molecule has 0 aliphatic rings. The van der Waals surface area contributed by atoms with Crippen LogP contribution in [0.4, 0.5) is 0 Å². The zero-order valence-corrected chi connectivity index (χ0v) is 8.45. The van der Waals surface area contributed by atoms with Crippen molar-refractivity contribution in [3.05, 3.63) is 6.33 Å². The Balaban J connectivity index is 2.15. The first-order chi connectivity index (χ1) is 5.83. The molecule has 1 N–H and O–H groups in total. The van der Waals surface area contributed by atoms with E-state index < -0.39 is 10.8 Å². The molecule has 0 aliphatic heterocycles. The SMILES string of the molecule is CCS(=O)CCSc1ncn[nH]1. The normalized spacial score (nSPS) is 13.1. The van der Waals surface area contributed by atoms with Gasteiger partial charge in [-0.1, -0.05) is 18.7 Å². The van der Waals surface area contributed by atoms with E-state index in [9.17, 15) is 4.21 Å². The molecule has 1 atom stereocenters. The van der Waals surface area contributed by atoms with Gasteiger partial charge >= 0.3 is 0 Å². The van der Waals surface area contributed by atoms with Gasteiger partial charge in [0.2, 0.25) is 0 Å². The Hall–Kier alpha value is -0.360. The van der Waals surface area contributed by atoms with Crippen molar-refractivity contribution in [1.29, 1.82) is 0 Å². The highest BCUT2D eigenvalue weighted by Gasteiger charge is 1.98. The van der Waals surface area contributed by atoms with Crippen LogP contribution in [-0.4, -0.2) is 36.6 Å². The molecule has 1 unspecified atom stereocenters. The topological polar surface area (TPSA) is 58.6 Å². The van der Waals surface area contributed by atoms with Crippen LogP contribution < -0.4 is 0 Å². The molecular formula is C6H11N3OS2. The number of thioether (sulfide) groups is 1. The van der Waals surface area contributed by atoms with E-state index in [0.29, 0.717) is 0 Å². The molecular weight excluding hydrogens is 194 g/mol. The second-order valence-electron chi connectivity index (χ2n) is 2.07. The van der Waals surface area contributed by atoms with Crippen LogP contribution in [0.5, 0.6) is 0 Å². The van der Waals surface area contributed by atoms with Crippen LogP contribution in [-0.2, 0) is 10.8 Å². The number of rotatable bonds is 5. The summed E-state index contributed by atoms with van der Waals surface area (Å²) >= 11 is 1.55. The minimum atomic E-state index is -0.671. The van der Waals surface area contributed by atoms with Crippen LogP contribution in [0, 0.1) is 0 Å². The standard InChI is InChI=1S/C6H11N3OS2/c1-2-12(10)4-3-11-6-7-5-8-9-6/h5H,2-4H2,1H3,(H,7,8,9). The Morgan fingerprint density at radius 3 is 3.17 bits per heavy atom. The molecule has 6 heteroatoms. The van der Waals surface area contributed by atoms with Crippen molar-refractivity contribution in [3.8, 4) is 0 Å². The largest absolute Gasteiger partial charge is 0.260 e. The second kappa shape index (κ2) is 5.31. The lowest BCUT2D eigenvalue weighted by molar-refractivity contribution is 0.685. The van der Waals surface area contributed by atoms with Crippen LogP contribution in [0.25, 0.3) is 0 Å². The van der Waals surface area contributed by atoms with Gasteiger partial charge in [-0.15, -0.1) is 0 Å². The van der Waals surface area contributed by atoms with Crippen molar-refractivity contribution >= 4 is 22.6 Å². The van der Waals surface area contributed by atoms with Crippen molar-refractivity contribution in [2.75, 3.05) is 17.3 Å². The Bertz CT molecular complexity index is 237. The number of hydrogen-bond acceptors (Lipinski definition) is 4. The third kappa shape index (κ3) is 3.36. The van der Waals surface area contributed by atoms with Gasteiger partial charge in [0.15, 0.2) is 5.16 Å². The summed E-state index contributed by atoms with van der Waals surface area (Å²) in [5.74, 6) is 2.29. The van der Waals surface area contributed by atoms with Crippen LogP contribution in [0.1, 0.15) is 6.92 Å². The third-order valence-electron chi connectivity index (χ3n) is 1.26. The molecule has 0 saturated carbocycles. The van der Waals surface area contributed by atoms with E-state index in [4.69, 9.17) is 0 Å². The highest BCUT2D eigenvalue weighted by Crippen LogP contribution is 2.09. The first-order valence-corrected chi connectivity index (χ1v) is 6.13. The molecule has 4 nitrogen and oxygen atoms in total. The lowest BCUT2D eigenvalue weighted by Gasteiger charge is -1.95. The van der Waals surface area contributed by atoms with E-state index >= 15 is 0 Å². The Morgan fingerprint density at radius 1 is 1.75 bits per heavy atom. The fourth-order valence-electron chi connectivity index (χ4n) is 0.639. The molecule has 0 bridgehead atoms. The Labute approximate surface area is 78.0 Å². The maximum absolute atomic E-state index is 11.0. The van der Waals surface area contributed by atoms with E-state index in [-0.39, 0.29) is 0 Å². The van der Waals surface area contributed by atoms with Gasteiger partial charge in [-0.05, 0) is 0 Å². The zero-order chi connectivity index (χ0) is 8.81. The predicted octanol–water partition coefficient (Wildman–Crippen LogP) is 0.665. The number of H-pyrrole nitrogens is 1. The summed E-state index contributed by atoms with van der Waals surface area (Å²) in [6, 6.07) is 0. The van der Waals surface area contributed by atoms with Gasteiger partial charge < -0.3 is 0 Å². The van der Waals surface area contributed by atoms with E-state index in [2.05, 4.69) is 15.2 Å². The maximum Gasteiger partial charge on any atom is 0.183 e. The molecule has 0 amide bonds. The molecule has 68 valence electrons. The van der Waals surface area contributed by atoms with Crippen molar-refractivity contribution in [3.63, 3.8) is 0 Å². The number of aromatic amines is 1. The van der Waals surface area contributed by atoms with Gasteiger partial charge in [0.05, 0.1) is 0 Å². The molecule has 0 fully saturated rings. The minimum Gasteiger partial charge on any atom is -0.260 e. The first kappa shape index (κ1) is 9.73. The molecule has 1 heterocycles. The van der Waals surface area contributed by atoms with Gasteiger partial charge in [0.1, 0.15) is 6.33 Å². The summed E-state index contributed by atoms with van der Waals surface area (Å²) in [7, 11) is -0.671. The summed E-state index contributed by atoms with van der Waals surface area (Å²) in [5.41, 5.74) is 0. The van der Waals surface area contributed by atoms with Crippen molar-refractivity contribution < 1.29 is 4.21 Å². The molecule has 0 aromatic carbocycles.